The van der Waals surface area contributed by atoms with Crippen molar-refractivity contribution in [2.24, 2.45) is 0 Å². The van der Waals surface area contributed by atoms with Crippen LogP contribution >= 0.6 is 11.6 Å². The third kappa shape index (κ3) is 5.47. The van der Waals surface area contributed by atoms with Crippen LogP contribution in [0, 0.1) is 0 Å². The third-order valence-corrected chi connectivity index (χ3v) is 4.03. The summed E-state index contributed by atoms with van der Waals surface area (Å²) in [6.07, 6.45) is -0.200. The summed E-state index contributed by atoms with van der Waals surface area (Å²) in [5.74, 6) is 0. The maximum Gasteiger partial charge on any atom is 0.126 e. The minimum Gasteiger partial charge on any atom is -0.385 e. The van der Waals surface area contributed by atoms with E-state index in [4.69, 9.17) is 16.3 Å². The Kier molecular flexibility index (Phi) is 6.30. The van der Waals surface area contributed by atoms with E-state index < -0.39 is 0 Å². The van der Waals surface area contributed by atoms with Crippen LogP contribution in [-0.2, 0) is 4.74 Å². The van der Waals surface area contributed by atoms with E-state index in [9.17, 15) is 5.11 Å². The van der Waals surface area contributed by atoms with Crippen molar-refractivity contribution in [3.05, 3.63) is 29.3 Å². The minimum atomic E-state index is -0.375. The summed E-state index contributed by atoms with van der Waals surface area (Å²) < 4.78 is 5.46. The molecule has 0 bridgehead atoms. The lowest BCUT2D eigenvalue weighted by Gasteiger charge is -2.34. The molecule has 0 aromatic heterocycles. The van der Waals surface area contributed by atoms with Crippen LogP contribution in [0.3, 0.4) is 0 Å². The molecule has 21 heavy (non-hydrogen) atoms. The Labute approximate surface area is 132 Å². The van der Waals surface area contributed by atoms with Gasteiger partial charge < -0.3 is 19.6 Å². The van der Waals surface area contributed by atoms with Crippen LogP contribution in [0.2, 0.25) is 5.02 Å². The van der Waals surface area contributed by atoms with Crippen molar-refractivity contribution in [3.8, 4) is 0 Å². The summed E-state index contributed by atoms with van der Waals surface area (Å²) >= 11 is 6.04. The zero-order valence-corrected chi connectivity index (χ0v) is 13.6. The van der Waals surface area contributed by atoms with Gasteiger partial charge in [-0.15, -0.1) is 0 Å². The van der Waals surface area contributed by atoms with E-state index >= 15 is 0 Å². The quantitative estimate of drug-likeness (QED) is 0.817. The number of hydrogen-bond acceptors (Lipinski definition) is 3. The van der Waals surface area contributed by atoms with E-state index in [0.717, 1.165) is 37.7 Å². The van der Waals surface area contributed by atoms with Crippen molar-refractivity contribution in [1.82, 2.24) is 0 Å². The fourth-order valence-electron chi connectivity index (χ4n) is 2.65. The minimum absolute atomic E-state index is 0.175. The number of hydrogen-bond donors (Lipinski definition) is 2. The summed E-state index contributed by atoms with van der Waals surface area (Å²) in [6, 6.07) is 8.00. The van der Waals surface area contributed by atoms with Gasteiger partial charge in [-0.1, -0.05) is 17.7 Å². The molecule has 0 unspecified atom stereocenters. The molecule has 0 saturated carbocycles. The molecule has 2 N–H and O–H groups in total. The maximum atomic E-state index is 9.99. The summed E-state index contributed by atoms with van der Waals surface area (Å²) in [4.78, 5) is 3.79. The van der Waals surface area contributed by atoms with Gasteiger partial charge in [0.2, 0.25) is 0 Å². The van der Waals surface area contributed by atoms with Crippen LogP contribution in [-0.4, -0.2) is 56.6 Å². The van der Waals surface area contributed by atoms with E-state index in [1.165, 1.54) is 10.6 Å². The molecular formula is C16H26ClN2O2+. The van der Waals surface area contributed by atoms with Crippen LogP contribution in [0.15, 0.2) is 24.3 Å². The summed E-state index contributed by atoms with van der Waals surface area (Å²) in [5, 5.41) is 10.8. The molecule has 4 nitrogen and oxygen atoms in total. The van der Waals surface area contributed by atoms with Gasteiger partial charge in [-0.05, 0) is 32.0 Å². The number of anilines is 1. The zero-order valence-electron chi connectivity index (χ0n) is 12.9. The molecule has 0 aliphatic carbocycles. The maximum absolute atomic E-state index is 9.99. The molecule has 5 heteroatoms. The highest BCUT2D eigenvalue weighted by atomic mass is 35.5. The Hall–Kier alpha value is -0.810. The Morgan fingerprint density at radius 2 is 2.05 bits per heavy atom. The molecular weight excluding hydrogens is 288 g/mol. The van der Waals surface area contributed by atoms with Crippen molar-refractivity contribution in [2.75, 3.05) is 44.2 Å². The Morgan fingerprint density at radius 1 is 1.33 bits per heavy atom. The molecule has 1 aromatic rings. The van der Waals surface area contributed by atoms with Gasteiger partial charge in [0.05, 0.1) is 38.9 Å². The Bertz CT molecular complexity index is 434. The van der Waals surface area contributed by atoms with Crippen LogP contribution in [0.25, 0.3) is 0 Å². The molecule has 1 aliphatic rings. The van der Waals surface area contributed by atoms with Crippen LogP contribution in [0.5, 0.6) is 0 Å². The van der Waals surface area contributed by atoms with Gasteiger partial charge in [0.25, 0.3) is 0 Å². The fourth-order valence-corrected chi connectivity index (χ4v) is 2.84. The number of rotatable bonds is 6. The van der Waals surface area contributed by atoms with Crippen molar-refractivity contribution in [1.29, 1.82) is 0 Å². The molecule has 1 aromatic carbocycles. The average Bonchev–Trinajstić information content (AvgIpc) is 2.46. The van der Waals surface area contributed by atoms with Gasteiger partial charge in [0, 0.05) is 10.7 Å². The molecule has 0 spiro atoms. The van der Waals surface area contributed by atoms with Gasteiger partial charge in [-0.25, -0.2) is 0 Å². The van der Waals surface area contributed by atoms with Gasteiger partial charge in [0.1, 0.15) is 12.6 Å². The molecule has 1 aliphatic heterocycles. The lowest BCUT2D eigenvalue weighted by Crippen LogP contribution is -3.16. The van der Waals surface area contributed by atoms with Gasteiger partial charge in [-0.3, -0.25) is 0 Å². The molecule has 0 radical (unpaired) electrons. The van der Waals surface area contributed by atoms with Crippen LogP contribution in [0.4, 0.5) is 5.69 Å². The highest BCUT2D eigenvalue weighted by molar-refractivity contribution is 6.30. The van der Waals surface area contributed by atoms with E-state index in [1.807, 2.05) is 32.0 Å². The standard InChI is InChI=1S/C16H25ClN2O2/c1-13(2)21-12-16(20)11-18-6-8-19(9-7-18)15-5-3-4-14(17)10-15/h3-5,10,13,16,20H,6-9,11-12H2,1-2H3/p+1/t16-/m1/s1. The highest BCUT2D eigenvalue weighted by Crippen LogP contribution is 2.19. The number of nitrogens with zero attached hydrogens (tertiary/aromatic N) is 1. The Balaban J connectivity index is 1.75. The van der Waals surface area contributed by atoms with Crippen molar-refractivity contribution >= 4 is 17.3 Å². The zero-order chi connectivity index (χ0) is 15.2. The summed E-state index contributed by atoms with van der Waals surface area (Å²) in [5.41, 5.74) is 1.19. The topological polar surface area (TPSA) is 37.1 Å². The fraction of sp³-hybridized carbons (Fsp3) is 0.625. The van der Waals surface area contributed by atoms with Crippen molar-refractivity contribution in [2.45, 2.75) is 26.1 Å². The first-order valence-electron chi connectivity index (χ1n) is 7.68. The summed E-state index contributed by atoms with van der Waals surface area (Å²) in [7, 11) is 0. The summed E-state index contributed by atoms with van der Waals surface area (Å²) in [6.45, 7) is 9.22. The first kappa shape index (κ1) is 16.6. The number of ether oxygens (including phenoxy) is 1. The van der Waals surface area contributed by atoms with Gasteiger partial charge in [0.15, 0.2) is 0 Å². The number of halogens is 1. The van der Waals surface area contributed by atoms with E-state index in [1.54, 1.807) is 0 Å². The van der Waals surface area contributed by atoms with Crippen LogP contribution < -0.4 is 9.80 Å². The van der Waals surface area contributed by atoms with Gasteiger partial charge >= 0.3 is 0 Å². The molecule has 1 fully saturated rings. The third-order valence-electron chi connectivity index (χ3n) is 3.79. The molecule has 118 valence electrons. The average molecular weight is 314 g/mol. The predicted octanol–water partition coefficient (Wildman–Crippen LogP) is 0.831. The van der Waals surface area contributed by atoms with Gasteiger partial charge in [-0.2, -0.15) is 0 Å². The second-order valence-corrected chi connectivity index (χ2v) is 6.39. The molecule has 1 atom stereocenters. The largest absolute Gasteiger partial charge is 0.385 e. The van der Waals surface area contributed by atoms with E-state index in [-0.39, 0.29) is 12.2 Å². The van der Waals surface area contributed by atoms with Crippen molar-refractivity contribution in [3.63, 3.8) is 0 Å². The lowest BCUT2D eigenvalue weighted by molar-refractivity contribution is -0.903. The van der Waals surface area contributed by atoms with E-state index in [0.29, 0.717) is 6.61 Å². The van der Waals surface area contributed by atoms with Crippen LogP contribution in [0.1, 0.15) is 13.8 Å². The lowest BCUT2D eigenvalue weighted by atomic mass is 10.2. The normalized spacial score (nSPS) is 18.2. The number of benzene rings is 1. The Morgan fingerprint density at radius 3 is 2.67 bits per heavy atom. The number of aliphatic hydroxyl groups excluding tert-OH is 1. The predicted molar refractivity (Wildman–Crippen MR) is 86.3 cm³/mol. The van der Waals surface area contributed by atoms with E-state index in [2.05, 4.69) is 11.0 Å². The first-order chi connectivity index (χ1) is 10.0. The number of aliphatic hydroxyl groups is 1. The smallest absolute Gasteiger partial charge is 0.126 e. The second kappa shape index (κ2) is 7.99. The number of piperazine rings is 1. The molecule has 1 heterocycles. The molecule has 1 saturated heterocycles. The molecule has 2 rings (SSSR count). The number of nitrogens with one attached hydrogen (secondary N) is 1. The van der Waals surface area contributed by atoms with Crippen molar-refractivity contribution < 1.29 is 14.7 Å². The first-order valence-corrected chi connectivity index (χ1v) is 8.06. The SMILES string of the molecule is CC(C)OC[C@H](O)C[NH+]1CCN(c2cccc(Cl)c2)CC1. The monoisotopic (exact) mass is 313 g/mol. The second-order valence-electron chi connectivity index (χ2n) is 5.96. The molecule has 0 amide bonds. The number of quaternary nitrogens is 1. The highest BCUT2D eigenvalue weighted by Gasteiger charge is 2.22.